The molecule has 29 heavy (non-hydrogen) atoms. The highest BCUT2D eigenvalue weighted by Gasteiger charge is 2.22. The number of fused-ring (bicyclic) bond motifs is 1. The van der Waals surface area contributed by atoms with Gasteiger partial charge >= 0.3 is 0 Å². The Morgan fingerprint density at radius 2 is 1.62 bits per heavy atom. The summed E-state index contributed by atoms with van der Waals surface area (Å²) in [7, 11) is 0. The second-order valence-corrected chi connectivity index (χ2v) is 8.17. The van der Waals surface area contributed by atoms with E-state index in [0.717, 1.165) is 74.8 Å². The van der Waals surface area contributed by atoms with Crippen molar-refractivity contribution in [2.75, 3.05) is 55.9 Å². The molecule has 0 amide bonds. The smallest absolute Gasteiger partial charge is 0.231 e. The molecule has 0 atom stereocenters. The minimum absolute atomic E-state index is 0.327. The number of aryl methyl sites for hydroxylation is 1. The number of hydrogen-bond donors (Lipinski definition) is 0. The zero-order chi connectivity index (χ0) is 19.6. The third kappa shape index (κ3) is 4.10. The molecule has 0 bridgehead atoms. The molecule has 7 heteroatoms. The minimum Gasteiger partial charge on any atom is -0.454 e. The predicted molar refractivity (Wildman–Crippen MR) is 113 cm³/mol. The summed E-state index contributed by atoms with van der Waals surface area (Å²) in [5.41, 5.74) is 2.32. The fraction of sp³-hybridized carbons (Fsp3) is 0.545. The maximum absolute atomic E-state index is 5.51. The number of benzene rings is 1. The van der Waals surface area contributed by atoms with Crippen molar-refractivity contribution in [2.45, 2.75) is 32.7 Å². The highest BCUT2D eigenvalue weighted by molar-refractivity contribution is 5.47. The van der Waals surface area contributed by atoms with E-state index < -0.39 is 0 Å². The van der Waals surface area contributed by atoms with Crippen LogP contribution in [-0.4, -0.2) is 60.9 Å². The van der Waals surface area contributed by atoms with Gasteiger partial charge < -0.3 is 19.3 Å². The second kappa shape index (κ2) is 8.06. The molecule has 3 aliphatic heterocycles. The van der Waals surface area contributed by atoms with E-state index in [1.54, 1.807) is 0 Å². The number of nitrogens with zero attached hydrogens (tertiary/aromatic N) is 5. The number of piperidine rings is 1. The van der Waals surface area contributed by atoms with Crippen molar-refractivity contribution < 1.29 is 9.47 Å². The van der Waals surface area contributed by atoms with E-state index in [-0.39, 0.29) is 0 Å². The average molecular weight is 396 g/mol. The largest absolute Gasteiger partial charge is 0.454 e. The Labute approximate surface area is 172 Å². The lowest BCUT2D eigenvalue weighted by Gasteiger charge is -2.35. The molecule has 0 saturated carbocycles. The Morgan fingerprint density at radius 3 is 2.45 bits per heavy atom. The topological polar surface area (TPSA) is 54.0 Å². The molecule has 0 spiro atoms. The van der Waals surface area contributed by atoms with Crippen LogP contribution in [0.25, 0.3) is 0 Å². The first-order valence-electron chi connectivity index (χ1n) is 10.7. The van der Waals surface area contributed by atoms with Crippen molar-refractivity contribution in [3.63, 3.8) is 0 Å². The van der Waals surface area contributed by atoms with Crippen LogP contribution >= 0.6 is 0 Å². The van der Waals surface area contributed by atoms with Gasteiger partial charge in [0.1, 0.15) is 5.82 Å². The van der Waals surface area contributed by atoms with Crippen LogP contribution in [-0.2, 0) is 6.54 Å². The summed E-state index contributed by atoms with van der Waals surface area (Å²) < 4.78 is 10.9. The van der Waals surface area contributed by atoms with Gasteiger partial charge in [0.2, 0.25) is 12.7 Å². The molecule has 2 saturated heterocycles. The zero-order valence-electron chi connectivity index (χ0n) is 17.1. The lowest BCUT2D eigenvalue weighted by molar-refractivity contribution is 0.174. The van der Waals surface area contributed by atoms with Gasteiger partial charge in [-0.15, -0.1) is 0 Å². The molecular weight excluding hydrogens is 366 g/mol. The maximum atomic E-state index is 5.51. The number of rotatable bonds is 4. The van der Waals surface area contributed by atoms with Gasteiger partial charge in [0.25, 0.3) is 0 Å². The van der Waals surface area contributed by atoms with E-state index in [1.807, 2.05) is 6.07 Å². The van der Waals surface area contributed by atoms with Gasteiger partial charge in [0.15, 0.2) is 11.5 Å². The van der Waals surface area contributed by atoms with Crippen LogP contribution in [0.4, 0.5) is 11.8 Å². The fourth-order valence-corrected chi connectivity index (χ4v) is 4.37. The van der Waals surface area contributed by atoms with Gasteiger partial charge in [-0.1, -0.05) is 6.07 Å². The van der Waals surface area contributed by atoms with Crippen molar-refractivity contribution in [1.29, 1.82) is 0 Å². The SMILES string of the molecule is Cc1cc(N2CCCCC2)nc(N2CCN(Cc3ccc4c(c3)OCO4)CC2)n1. The molecule has 5 rings (SSSR count). The average Bonchev–Trinajstić information content (AvgIpc) is 3.22. The van der Waals surface area contributed by atoms with E-state index >= 15 is 0 Å². The first-order chi connectivity index (χ1) is 14.2. The molecule has 3 aliphatic rings. The Morgan fingerprint density at radius 1 is 0.828 bits per heavy atom. The molecule has 1 aromatic carbocycles. The van der Waals surface area contributed by atoms with Crippen LogP contribution in [0, 0.1) is 6.92 Å². The Bertz CT molecular complexity index is 860. The monoisotopic (exact) mass is 395 g/mol. The van der Waals surface area contributed by atoms with Crippen molar-refractivity contribution in [2.24, 2.45) is 0 Å². The summed E-state index contributed by atoms with van der Waals surface area (Å²) in [6.07, 6.45) is 3.85. The zero-order valence-corrected chi connectivity index (χ0v) is 17.1. The Kier molecular flexibility index (Phi) is 5.14. The lowest BCUT2D eigenvalue weighted by Crippen LogP contribution is -2.46. The molecule has 7 nitrogen and oxygen atoms in total. The number of ether oxygens (including phenoxy) is 2. The van der Waals surface area contributed by atoms with Gasteiger partial charge in [0.05, 0.1) is 0 Å². The Hall–Kier alpha value is -2.54. The first-order valence-corrected chi connectivity index (χ1v) is 10.7. The molecule has 2 aromatic rings. The van der Waals surface area contributed by atoms with E-state index in [9.17, 15) is 0 Å². The molecule has 1 aromatic heterocycles. The molecule has 2 fully saturated rings. The van der Waals surface area contributed by atoms with E-state index in [2.05, 4.69) is 39.8 Å². The van der Waals surface area contributed by atoms with E-state index in [0.29, 0.717) is 6.79 Å². The fourth-order valence-electron chi connectivity index (χ4n) is 4.37. The van der Waals surface area contributed by atoms with Crippen LogP contribution in [0.2, 0.25) is 0 Å². The quantitative estimate of drug-likeness (QED) is 0.789. The van der Waals surface area contributed by atoms with Crippen LogP contribution in [0.5, 0.6) is 11.5 Å². The summed E-state index contributed by atoms with van der Waals surface area (Å²) in [6.45, 7) is 9.47. The summed E-state index contributed by atoms with van der Waals surface area (Å²) >= 11 is 0. The van der Waals surface area contributed by atoms with Gasteiger partial charge in [0, 0.05) is 57.6 Å². The van der Waals surface area contributed by atoms with Crippen molar-refractivity contribution >= 4 is 11.8 Å². The number of hydrogen-bond acceptors (Lipinski definition) is 7. The summed E-state index contributed by atoms with van der Waals surface area (Å²) in [4.78, 5) is 16.9. The van der Waals surface area contributed by atoms with Crippen LogP contribution in [0.3, 0.4) is 0 Å². The van der Waals surface area contributed by atoms with E-state index in [1.165, 1.54) is 24.8 Å². The third-order valence-electron chi connectivity index (χ3n) is 6.01. The van der Waals surface area contributed by atoms with Crippen LogP contribution in [0.15, 0.2) is 24.3 Å². The molecular formula is C22H29N5O2. The first kappa shape index (κ1) is 18.5. The summed E-state index contributed by atoms with van der Waals surface area (Å²) in [6, 6.07) is 8.37. The molecule has 4 heterocycles. The number of anilines is 2. The van der Waals surface area contributed by atoms with Crippen LogP contribution in [0.1, 0.15) is 30.5 Å². The highest BCUT2D eigenvalue weighted by atomic mass is 16.7. The third-order valence-corrected chi connectivity index (χ3v) is 6.01. The number of aromatic nitrogens is 2. The summed E-state index contributed by atoms with van der Waals surface area (Å²) in [5.74, 6) is 3.68. The maximum Gasteiger partial charge on any atom is 0.231 e. The lowest BCUT2D eigenvalue weighted by atomic mass is 10.1. The second-order valence-electron chi connectivity index (χ2n) is 8.17. The summed E-state index contributed by atoms with van der Waals surface area (Å²) in [5, 5.41) is 0. The van der Waals surface area contributed by atoms with Gasteiger partial charge in [-0.25, -0.2) is 4.98 Å². The molecule has 0 unspecified atom stereocenters. The van der Waals surface area contributed by atoms with Gasteiger partial charge in [-0.05, 0) is 43.9 Å². The van der Waals surface area contributed by atoms with Crippen molar-refractivity contribution in [1.82, 2.24) is 14.9 Å². The standard InChI is InChI=1S/C22H29N5O2/c1-17-13-21(26-7-3-2-4-8-26)24-22(23-17)27-11-9-25(10-12-27)15-18-5-6-19-20(14-18)29-16-28-19/h5-6,13-14H,2-4,7-12,15-16H2,1H3. The molecule has 0 N–H and O–H groups in total. The van der Waals surface area contributed by atoms with Gasteiger partial charge in [-0.3, -0.25) is 4.90 Å². The molecule has 154 valence electrons. The Balaban J connectivity index is 1.22. The van der Waals surface area contributed by atoms with Crippen molar-refractivity contribution in [3.05, 3.63) is 35.5 Å². The molecule has 0 aliphatic carbocycles. The van der Waals surface area contributed by atoms with Gasteiger partial charge in [-0.2, -0.15) is 4.98 Å². The molecule has 0 radical (unpaired) electrons. The number of piperazine rings is 1. The van der Waals surface area contributed by atoms with Crippen LogP contribution < -0.4 is 19.3 Å². The predicted octanol–water partition coefficient (Wildman–Crippen LogP) is 2.83. The normalized spacial score (nSPS) is 19.6. The highest BCUT2D eigenvalue weighted by Crippen LogP contribution is 2.33. The van der Waals surface area contributed by atoms with E-state index in [4.69, 9.17) is 19.4 Å². The minimum atomic E-state index is 0.327. The van der Waals surface area contributed by atoms with Crippen molar-refractivity contribution in [3.8, 4) is 11.5 Å².